The van der Waals surface area contributed by atoms with E-state index >= 15 is 0 Å². The van der Waals surface area contributed by atoms with Crippen molar-refractivity contribution in [2.24, 2.45) is 0 Å². The summed E-state index contributed by atoms with van der Waals surface area (Å²) in [6.45, 7) is 7.92. The lowest BCUT2D eigenvalue weighted by Crippen LogP contribution is -2.35. The van der Waals surface area contributed by atoms with Crippen LogP contribution in [0.5, 0.6) is 0 Å². The Morgan fingerprint density at radius 3 is 2.53 bits per heavy atom. The standard InChI is InChI=1S/C22H26N2O5S/c1-3-13-28-21(26)23-12-8-11-18-15-19(16-24(18)22(27)29-14-4-2)30-20(25)17-9-6-5-7-10-17/h3-11,18-19H,1-2,12-16H2,(H,23,26)/b11-8+/t18-,19+/m1/s1. The molecule has 2 atom stereocenters. The van der Waals surface area contributed by atoms with Crippen molar-refractivity contribution in [2.45, 2.75) is 17.7 Å². The summed E-state index contributed by atoms with van der Waals surface area (Å²) >= 11 is 1.22. The lowest BCUT2D eigenvalue weighted by atomic mass is 10.2. The van der Waals surface area contributed by atoms with E-state index in [-0.39, 0.29) is 36.2 Å². The zero-order valence-corrected chi connectivity index (χ0v) is 17.5. The highest BCUT2D eigenvalue weighted by Crippen LogP contribution is 2.31. The first kappa shape index (κ1) is 23.3. The number of carbonyl (C=O) groups is 3. The largest absolute Gasteiger partial charge is 0.445 e. The minimum atomic E-state index is -0.546. The van der Waals surface area contributed by atoms with Crippen molar-refractivity contribution in [2.75, 3.05) is 26.3 Å². The normalized spacial score (nSPS) is 18.1. The first-order chi connectivity index (χ1) is 14.5. The lowest BCUT2D eigenvalue weighted by molar-refractivity contribution is 0.108. The van der Waals surface area contributed by atoms with Gasteiger partial charge in [-0.05, 0) is 6.42 Å². The summed E-state index contributed by atoms with van der Waals surface area (Å²) in [7, 11) is 0. The number of carbonyl (C=O) groups excluding carboxylic acids is 3. The highest BCUT2D eigenvalue weighted by atomic mass is 32.2. The van der Waals surface area contributed by atoms with Crippen molar-refractivity contribution in [3.05, 3.63) is 73.4 Å². The average Bonchev–Trinajstić information content (AvgIpc) is 3.16. The Hall–Kier alpha value is -3.00. The SMILES string of the molecule is C=CCOC(=O)NC/C=C/[C@@H]1C[C@H](SC(=O)c2ccccc2)CN1C(=O)OCC=C. The van der Waals surface area contributed by atoms with E-state index < -0.39 is 12.2 Å². The van der Waals surface area contributed by atoms with Crippen molar-refractivity contribution < 1.29 is 23.9 Å². The molecular formula is C22H26N2O5S. The zero-order valence-electron chi connectivity index (χ0n) is 16.7. The third kappa shape index (κ3) is 7.44. The fraction of sp³-hybridized carbons (Fsp3) is 0.318. The predicted octanol–water partition coefficient (Wildman–Crippen LogP) is 3.79. The first-order valence-electron chi connectivity index (χ1n) is 9.53. The van der Waals surface area contributed by atoms with Gasteiger partial charge < -0.3 is 19.7 Å². The van der Waals surface area contributed by atoms with Crippen LogP contribution in [0.1, 0.15) is 16.8 Å². The summed E-state index contributed by atoms with van der Waals surface area (Å²) in [6.07, 6.45) is 6.16. The maximum Gasteiger partial charge on any atom is 0.410 e. The van der Waals surface area contributed by atoms with Crippen molar-refractivity contribution in [1.82, 2.24) is 10.2 Å². The number of likely N-dealkylation sites (tertiary alicyclic amines) is 1. The van der Waals surface area contributed by atoms with E-state index in [4.69, 9.17) is 9.47 Å². The summed E-state index contributed by atoms with van der Waals surface area (Å²) in [6, 6.07) is 8.80. The Balaban J connectivity index is 1.96. The van der Waals surface area contributed by atoms with Gasteiger partial charge in [0.1, 0.15) is 13.2 Å². The van der Waals surface area contributed by atoms with E-state index in [1.54, 1.807) is 23.1 Å². The Kier molecular flexibility index (Phi) is 9.73. The second-order valence-electron chi connectivity index (χ2n) is 6.41. The molecule has 1 saturated heterocycles. The fourth-order valence-electron chi connectivity index (χ4n) is 2.86. The van der Waals surface area contributed by atoms with Gasteiger partial charge in [-0.15, -0.1) is 0 Å². The van der Waals surface area contributed by atoms with Crippen LogP contribution in [0.25, 0.3) is 0 Å². The van der Waals surface area contributed by atoms with Gasteiger partial charge in [-0.1, -0.05) is 79.6 Å². The third-order valence-corrected chi connectivity index (χ3v) is 5.33. The van der Waals surface area contributed by atoms with Crippen LogP contribution in [0.15, 0.2) is 67.8 Å². The molecule has 7 nitrogen and oxygen atoms in total. The maximum absolute atomic E-state index is 12.5. The molecule has 2 rings (SSSR count). The summed E-state index contributed by atoms with van der Waals surface area (Å²) in [5, 5.41) is 2.49. The minimum Gasteiger partial charge on any atom is -0.445 e. The van der Waals surface area contributed by atoms with Gasteiger partial charge in [0.05, 0.1) is 6.04 Å². The van der Waals surface area contributed by atoms with Crippen molar-refractivity contribution in [3.63, 3.8) is 0 Å². The number of hydrogen-bond acceptors (Lipinski definition) is 6. The van der Waals surface area contributed by atoms with Crippen LogP contribution in [0.4, 0.5) is 9.59 Å². The number of thioether (sulfide) groups is 1. The summed E-state index contributed by atoms with van der Waals surface area (Å²) < 4.78 is 10.0. The van der Waals surface area contributed by atoms with Gasteiger partial charge in [0.15, 0.2) is 0 Å². The van der Waals surface area contributed by atoms with Crippen LogP contribution in [-0.4, -0.2) is 59.8 Å². The zero-order chi connectivity index (χ0) is 21.8. The smallest absolute Gasteiger partial charge is 0.410 e. The highest BCUT2D eigenvalue weighted by Gasteiger charge is 2.36. The van der Waals surface area contributed by atoms with Crippen molar-refractivity contribution >= 4 is 29.1 Å². The molecule has 1 heterocycles. The average molecular weight is 431 g/mol. The van der Waals surface area contributed by atoms with Crippen LogP contribution in [0.2, 0.25) is 0 Å². The van der Waals surface area contributed by atoms with E-state index in [2.05, 4.69) is 18.5 Å². The monoisotopic (exact) mass is 430 g/mol. The molecule has 160 valence electrons. The Morgan fingerprint density at radius 2 is 1.83 bits per heavy atom. The van der Waals surface area contributed by atoms with E-state index in [1.165, 1.54) is 23.9 Å². The van der Waals surface area contributed by atoms with E-state index in [1.807, 2.05) is 24.3 Å². The van der Waals surface area contributed by atoms with Gasteiger partial charge in [-0.3, -0.25) is 4.79 Å². The molecule has 1 aromatic rings. The number of alkyl carbamates (subject to hydrolysis) is 1. The summed E-state index contributed by atoms with van der Waals surface area (Å²) in [5.41, 5.74) is 0.629. The molecule has 1 fully saturated rings. The Bertz CT molecular complexity index is 781. The van der Waals surface area contributed by atoms with Gasteiger partial charge in [-0.25, -0.2) is 9.59 Å². The number of nitrogens with zero attached hydrogens (tertiary/aromatic N) is 1. The van der Waals surface area contributed by atoms with Gasteiger partial charge in [0, 0.05) is 23.9 Å². The molecule has 1 aliphatic heterocycles. The van der Waals surface area contributed by atoms with Crippen LogP contribution >= 0.6 is 11.8 Å². The molecule has 1 aromatic carbocycles. The van der Waals surface area contributed by atoms with Crippen molar-refractivity contribution in [3.8, 4) is 0 Å². The maximum atomic E-state index is 12.5. The van der Waals surface area contributed by atoms with E-state index in [0.717, 1.165) is 0 Å². The summed E-state index contributed by atoms with van der Waals surface area (Å²) in [5.74, 6) is 0. The van der Waals surface area contributed by atoms with Gasteiger partial charge >= 0.3 is 12.2 Å². The molecular weight excluding hydrogens is 404 g/mol. The quantitative estimate of drug-likeness (QED) is 0.600. The van der Waals surface area contributed by atoms with Gasteiger partial charge in [0.25, 0.3) is 0 Å². The molecule has 0 bridgehead atoms. The molecule has 0 saturated carbocycles. The number of rotatable bonds is 9. The molecule has 2 amide bonds. The topological polar surface area (TPSA) is 84.9 Å². The molecule has 0 radical (unpaired) electrons. The number of benzene rings is 1. The van der Waals surface area contributed by atoms with Crippen LogP contribution in [0.3, 0.4) is 0 Å². The van der Waals surface area contributed by atoms with Gasteiger partial charge in [0.2, 0.25) is 5.12 Å². The molecule has 1 N–H and O–H groups in total. The fourth-order valence-corrected chi connectivity index (χ4v) is 3.97. The van der Waals surface area contributed by atoms with Crippen molar-refractivity contribution in [1.29, 1.82) is 0 Å². The minimum absolute atomic E-state index is 0.0312. The molecule has 0 aromatic heterocycles. The number of amides is 2. The molecule has 0 aliphatic carbocycles. The highest BCUT2D eigenvalue weighted by molar-refractivity contribution is 8.14. The third-order valence-electron chi connectivity index (χ3n) is 4.20. The molecule has 0 unspecified atom stereocenters. The molecule has 30 heavy (non-hydrogen) atoms. The summed E-state index contributed by atoms with van der Waals surface area (Å²) in [4.78, 5) is 37.9. The first-order valence-corrected chi connectivity index (χ1v) is 10.4. The van der Waals surface area contributed by atoms with E-state index in [9.17, 15) is 14.4 Å². The second kappa shape index (κ2) is 12.5. The predicted molar refractivity (Wildman–Crippen MR) is 117 cm³/mol. The van der Waals surface area contributed by atoms with Crippen LogP contribution < -0.4 is 5.32 Å². The Labute approximate surface area is 180 Å². The molecule has 8 heteroatoms. The van der Waals surface area contributed by atoms with Crippen LogP contribution in [-0.2, 0) is 9.47 Å². The van der Waals surface area contributed by atoms with Gasteiger partial charge in [-0.2, -0.15) is 0 Å². The number of hydrogen-bond donors (Lipinski definition) is 1. The number of nitrogens with one attached hydrogen (secondary N) is 1. The molecule has 0 spiro atoms. The lowest BCUT2D eigenvalue weighted by Gasteiger charge is -2.21. The van der Waals surface area contributed by atoms with Crippen LogP contribution in [0, 0.1) is 0 Å². The number of ether oxygens (including phenoxy) is 2. The second-order valence-corrected chi connectivity index (χ2v) is 7.68. The van der Waals surface area contributed by atoms with E-state index in [0.29, 0.717) is 18.5 Å². The Morgan fingerprint density at radius 1 is 1.13 bits per heavy atom. The molecule has 1 aliphatic rings.